The van der Waals surface area contributed by atoms with E-state index in [1.165, 1.54) is 12.8 Å². The largest absolute Gasteiger partial charge is 0.461 e. The van der Waals surface area contributed by atoms with Crippen LogP contribution in [0.15, 0.2) is 12.2 Å². The number of nitrogens with zero attached hydrogens (tertiary/aromatic N) is 1. The lowest BCUT2D eigenvalue weighted by Gasteiger charge is -2.09. The molecule has 1 saturated heterocycles. The van der Waals surface area contributed by atoms with Gasteiger partial charge in [-0.2, -0.15) is 0 Å². The van der Waals surface area contributed by atoms with Gasteiger partial charge in [0.15, 0.2) is 0 Å². The van der Waals surface area contributed by atoms with E-state index in [2.05, 4.69) is 6.58 Å². The Morgan fingerprint density at radius 1 is 1.38 bits per heavy atom. The summed E-state index contributed by atoms with van der Waals surface area (Å²) in [6, 6.07) is 0. The highest BCUT2D eigenvalue weighted by atomic mass is 16.5. The fourth-order valence-corrected chi connectivity index (χ4v) is 0.954. The molecule has 1 heterocycles. The summed E-state index contributed by atoms with van der Waals surface area (Å²) in [5, 5.41) is 0. The zero-order chi connectivity index (χ0) is 12.4. The summed E-state index contributed by atoms with van der Waals surface area (Å²) < 4.78 is 9.78. The van der Waals surface area contributed by atoms with Gasteiger partial charge in [-0.15, -0.1) is 0 Å². The summed E-state index contributed by atoms with van der Waals surface area (Å²) in [5.41, 5.74) is 0.448. The third-order valence-electron chi connectivity index (χ3n) is 1.95. The van der Waals surface area contributed by atoms with E-state index in [1.807, 2.05) is 19.0 Å². The Labute approximate surface area is 98.2 Å². The summed E-state index contributed by atoms with van der Waals surface area (Å²) >= 11 is 0. The Kier molecular flexibility index (Phi) is 8.85. The van der Waals surface area contributed by atoms with Gasteiger partial charge >= 0.3 is 5.97 Å². The Hall–Kier alpha value is -0.870. The molecule has 1 rings (SSSR count). The van der Waals surface area contributed by atoms with Crippen molar-refractivity contribution in [2.45, 2.75) is 19.8 Å². The normalized spacial score (nSPS) is 14.2. The molecule has 0 atom stereocenters. The van der Waals surface area contributed by atoms with Crippen molar-refractivity contribution in [3.8, 4) is 0 Å². The van der Waals surface area contributed by atoms with Gasteiger partial charge in [0.05, 0.1) is 0 Å². The molecular weight excluding hydrogens is 206 g/mol. The van der Waals surface area contributed by atoms with Crippen LogP contribution in [0.2, 0.25) is 0 Å². The Morgan fingerprint density at radius 2 is 1.94 bits per heavy atom. The van der Waals surface area contributed by atoms with Crippen molar-refractivity contribution >= 4 is 5.97 Å². The van der Waals surface area contributed by atoms with Crippen molar-refractivity contribution in [1.82, 2.24) is 4.90 Å². The fraction of sp³-hybridized carbons (Fsp3) is 0.750. The maximum absolute atomic E-state index is 10.8. The molecule has 0 bridgehead atoms. The smallest absolute Gasteiger partial charge is 0.333 e. The lowest BCUT2D eigenvalue weighted by Crippen LogP contribution is -2.20. The predicted octanol–water partition coefficient (Wildman–Crippen LogP) is 1.46. The van der Waals surface area contributed by atoms with E-state index in [-0.39, 0.29) is 5.97 Å². The molecule has 4 nitrogen and oxygen atoms in total. The van der Waals surface area contributed by atoms with Gasteiger partial charge in [0, 0.05) is 25.3 Å². The van der Waals surface area contributed by atoms with Crippen LogP contribution in [0.3, 0.4) is 0 Å². The first-order chi connectivity index (χ1) is 7.54. The molecule has 0 aromatic carbocycles. The SMILES string of the molecule is C1CCOC1.C=C(C)C(=O)OCCN(C)C. The van der Waals surface area contributed by atoms with E-state index in [4.69, 9.17) is 9.47 Å². The zero-order valence-corrected chi connectivity index (χ0v) is 10.6. The lowest BCUT2D eigenvalue weighted by atomic mass is 10.4. The maximum atomic E-state index is 10.8. The van der Waals surface area contributed by atoms with Crippen LogP contribution >= 0.6 is 0 Å². The molecule has 1 aliphatic rings. The summed E-state index contributed by atoms with van der Waals surface area (Å²) in [7, 11) is 3.85. The van der Waals surface area contributed by atoms with Gasteiger partial charge < -0.3 is 14.4 Å². The molecule has 1 fully saturated rings. The molecule has 0 spiro atoms. The van der Waals surface area contributed by atoms with Gasteiger partial charge in [0.2, 0.25) is 0 Å². The minimum atomic E-state index is -0.313. The van der Waals surface area contributed by atoms with Gasteiger partial charge in [0.1, 0.15) is 6.61 Å². The zero-order valence-electron chi connectivity index (χ0n) is 10.6. The molecule has 94 valence electrons. The van der Waals surface area contributed by atoms with Crippen LogP contribution < -0.4 is 0 Å². The van der Waals surface area contributed by atoms with Crippen LogP contribution in [0.25, 0.3) is 0 Å². The van der Waals surface area contributed by atoms with E-state index in [1.54, 1.807) is 6.92 Å². The first-order valence-electron chi connectivity index (χ1n) is 5.59. The van der Waals surface area contributed by atoms with Crippen LogP contribution in [0.4, 0.5) is 0 Å². The van der Waals surface area contributed by atoms with E-state index >= 15 is 0 Å². The van der Waals surface area contributed by atoms with Crippen molar-refractivity contribution in [2.75, 3.05) is 40.5 Å². The number of carbonyl (C=O) groups excluding carboxylic acids is 1. The number of carbonyl (C=O) groups is 1. The predicted molar refractivity (Wildman–Crippen MR) is 64.4 cm³/mol. The highest BCUT2D eigenvalue weighted by Crippen LogP contribution is 1.98. The Balaban J connectivity index is 0.000000368. The average molecular weight is 229 g/mol. The number of hydrogen-bond acceptors (Lipinski definition) is 4. The van der Waals surface area contributed by atoms with Crippen molar-refractivity contribution in [3.05, 3.63) is 12.2 Å². The average Bonchev–Trinajstić information content (AvgIpc) is 2.74. The second-order valence-corrected chi connectivity index (χ2v) is 4.04. The van der Waals surface area contributed by atoms with Gasteiger partial charge in [-0.05, 0) is 33.9 Å². The minimum Gasteiger partial charge on any atom is -0.461 e. The Bertz CT molecular complexity index is 203. The highest BCUT2D eigenvalue weighted by molar-refractivity contribution is 5.86. The number of rotatable bonds is 4. The minimum absolute atomic E-state index is 0.313. The molecule has 0 amide bonds. The van der Waals surface area contributed by atoms with Crippen LogP contribution in [0.5, 0.6) is 0 Å². The third kappa shape index (κ3) is 9.68. The summed E-state index contributed by atoms with van der Waals surface area (Å²) in [4.78, 5) is 12.7. The molecule has 0 radical (unpaired) electrons. The second kappa shape index (κ2) is 9.36. The molecule has 0 N–H and O–H groups in total. The van der Waals surface area contributed by atoms with E-state index in [0.717, 1.165) is 19.8 Å². The standard InChI is InChI=1S/C8H15NO2.C4H8O/c1-7(2)8(10)11-6-5-9(3)4;1-2-4-5-3-1/h1,5-6H2,2-4H3;1-4H2. The molecule has 4 heteroatoms. The van der Waals surface area contributed by atoms with Crippen molar-refractivity contribution in [3.63, 3.8) is 0 Å². The van der Waals surface area contributed by atoms with Crippen molar-refractivity contribution in [2.24, 2.45) is 0 Å². The lowest BCUT2D eigenvalue weighted by molar-refractivity contribution is -0.139. The molecule has 0 aromatic rings. The third-order valence-corrected chi connectivity index (χ3v) is 1.95. The van der Waals surface area contributed by atoms with E-state index in [9.17, 15) is 4.79 Å². The van der Waals surface area contributed by atoms with Gasteiger partial charge in [-0.25, -0.2) is 4.79 Å². The second-order valence-electron chi connectivity index (χ2n) is 4.04. The maximum Gasteiger partial charge on any atom is 0.333 e. The van der Waals surface area contributed by atoms with Gasteiger partial charge in [-0.1, -0.05) is 6.58 Å². The topological polar surface area (TPSA) is 38.8 Å². The van der Waals surface area contributed by atoms with Crippen LogP contribution in [0, 0.1) is 0 Å². The first kappa shape index (κ1) is 15.1. The number of likely N-dealkylation sites (N-methyl/N-ethyl adjacent to an activating group) is 1. The summed E-state index contributed by atoms with van der Waals surface area (Å²) in [6.45, 7) is 8.28. The Morgan fingerprint density at radius 3 is 2.25 bits per heavy atom. The molecular formula is C12H23NO3. The van der Waals surface area contributed by atoms with Crippen LogP contribution in [-0.2, 0) is 14.3 Å². The van der Waals surface area contributed by atoms with Gasteiger partial charge in [0.25, 0.3) is 0 Å². The van der Waals surface area contributed by atoms with Gasteiger partial charge in [-0.3, -0.25) is 0 Å². The van der Waals surface area contributed by atoms with E-state index in [0.29, 0.717) is 12.2 Å². The molecule has 0 unspecified atom stereocenters. The summed E-state index contributed by atoms with van der Waals surface area (Å²) in [6.07, 6.45) is 2.56. The number of hydrogen-bond donors (Lipinski definition) is 0. The molecule has 0 aliphatic carbocycles. The molecule has 0 aromatic heterocycles. The molecule has 0 saturated carbocycles. The monoisotopic (exact) mass is 229 g/mol. The van der Waals surface area contributed by atoms with Crippen LogP contribution in [0.1, 0.15) is 19.8 Å². The highest BCUT2D eigenvalue weighted by Gasteiger charge is 2.01. The fourth-order valence-electron chi connectivity index (χ4n) is 0.954. The number of ether oxygens (including phenoxy) is 2. The van der Waals surface area contributed by atoms with Crippen molar-refractivity contribution < 1.29 is 14.3 Å². The van der Waals surface area contributed by atoms with Crippen LogP contribution in [-0.4, -0.2) is 51.3 Å². The summed E-state index contributed by atoms with van der Waals surface area (Å²) in [5.74, 6) is -0.313. The van der Waals surface area contributed by atoms with Crippen molar-refractivity contribution in [1.29, 1.82) is 0 Å². The quantitative estimate of drug-likeness (QED) is 0.540. The number of esters is 1. The first-order valence-corrected chi connectivity index (χ1v) is 5.59. The van der Waals surface area contributed by atoms with E-state index < -0.39 is 0 Å². The molecule has 16 heavy (non-hydrogen) atoms. The molecule has 1 aliphatic heterocycles.